The van der Waals surface area contributed by atoms with Gasteiger partial charge in [0.1, 0.15) is 0 Å². The predicted octanol–water partition coefficient (Wildman–Crippen LogP) is 5.48. The van der Waals surface area contributed by atoms with Gasteiger partial charge in [-0.3, -0.25) is 9.69 Å². The summed E-state index contributed by atoms with van der Waals surface area (Å²) in [5, 5.41) is 0. The molecule has 2 N–H and O–H groups in total. The minimum absolute atomic E-state index is 0.215. The van der Waals surface area contributed by atoms with Crippen molar-refractivity contribution >= 4 is 5.91 Å². The van der Waals surface area contributed by atoms with Gasteiger partial charge < -0.3 is 19.9 Å². The van der Waals surface area contributed by atoms with Gasteiger partial charge in [0, 0.05) is 46.2 Å². The Morgan fingerprint density at radius 3 is 2.33 bits per heavy atom. The second-order valence-corrected chi connectivity index (χ2v) is 10.0. The number of ether oxygens (including phenoxy) is 3. The lowest BCUT2D eigenvalue weighted by Crippen LogP contribution is -2.37. The molecule has 1 saturated heterocycles. The highest BCUT2D eigenvalue weighted by molar-refractivity contribution is 6.06. The second-order valence-electron chi connectivity index (χ2n) is 10.0. The molecular formula is C30H31F3N2O4. The molecule has 206 valence electrons. The lowest BCUT2D eigenvalue weighted by Gasteiger charge is -2.32. The van der Waals surface area contributed by atoms with Crippen molar-refractivity contribution < 1.29 is 32.2 Å². The Bertz CT molecular complexity index is 1340. The number of amides is 1. The number of nitrogens with two attached hydrogens (primary N) is 1. The quantitative estimate of drug-likeness (QED) is 0.430. The van der Waals surface area contributed by atoms with Gasteiger partial charge in [-0.1, -0.05) is 48.5 Å². The van der Waals surface area contributed by atoms with Crippen molar-refractivity contribution in [3.63, 3.8) is 0 Å². The third-order valence-corrected chi connectivity index (χ3v) is 7.60. The van der Waals surface area contributed by atoms with Gasteiger partial charge in [0.25, 0.3) is 0 Å². The van der Waals surface area contributed by atoms with Crippen LogP contribution in [0.15, 0.2) is 60.7 Å². The summed E-state index contributed by atoms with van der Waals surface area (Å²) in [6.07, 6.45) is -3.36. The molecule has 2 heterocycles. The maximum absolute atomic E-state index is 13.0. The monoisotopic (exact) mass is 540 g/mol. The third-order valence-electron chi connectivity index (χ3n) is 7.60. The fraction of sp³-hybridized carbons (Fsp3) is 0.367. The van der Waals surface area contributed by atoms with Gasteiger partial charge in [0.15, 0.2) is 12.6 Å². The highest BCUT2D eigenvalue weighted by Gasteiger charge is 2.37. The number of carbonyl (C=O) groups excluding carboxylic acids is 1. The van der Waals surface area contributed by atoms with Crippen LogP contribution >= 0.6 is 0 Å². The Morgan fingerprint density at radius 2 is 1.69 bits per heavy atom. The van der Waals surface area contributed by atoms with Crippen LogP contribution in [0.3, 0.4) is 0 Å². The van der Waals surface area contributed by atoms with Crippen LogP contribution in [0.5, 0.6) is 0 Å². The van der Waals surface area contributed by atoms with E-state index >= 15 is 0 Å². The van der Waals surface area contributed by atoms with Gasteiger partial charge >= 0.3 is 6.18 Å². The van der Waals surface area contributed by atoms with Crippen LogP contribution in [-0.2, 0) is 33.4 Å². The first-order valence-electron chi connectivity index (χ1n) is 12.8. The molecule has 0 bridgehead atoms. The third kappa shape index (κ3) is 5.72. The molecule has 3 aromatic carbocycles. The summed E-state index contributed by atoms with van der Waals surface area (Å²) < 4.78 is 55.8. The molecule has 2 aliphatic heterocycles. The molecule has 5 rings (SSSR count). The van der Waals surface area contributed by atoms with Gasteiger partial charge in [-0.2, -0.15) is 13.2 Å². The highest BCUT2D eigenvalue weighted by Crippen LogP contribution is 2.36. The van der Waals surface area contributed by atoms with E-state index in [2.05, 4.69) is 17.0 Å². The zero-order valence-electron chi connectivity index (χ0n) is 21.8. The first kappa shape index (κ1) is 27.3. The summed E-state index contributed by atoms with van der Waals surface area (Å²) in [6.45, 7) is 2.49. The van der Waals surface area contributed by atoms with E-state index in [0.717, 1.165) is 50.2 Å². The van der Waals surface area contributed by atoms with Gasteiger partial charge in [-0.05, 0) is 51.9 Å². The number of rotatable bonds is 7. The van der Waals surface area contributed by atoms with E-state index < -0.39 is 17.6 Å². The van der Waals surface area contributed by atoms with Crippen molar-refractivity contribution in [3.8, 4) is 22.3 Å². The molecule has 6 nitrogen and oxygen atoms in total. The van der Waals surface area contributed by atoms with Gasteiger partial charge in [-0.15, -0.1) is 0 Å². The van der Waals surface area contributed by atoms with Crippen molar-refractivity contribution in [1.29, 1.82) is 0 Å². The van der Waals surface area contributed by atoms with Crippen LogP contribution in [0.25, 0.3) is 22.3 Å². The summed E-state index contributed by atoms with van der Waals surface area (Å²) in [4.78, 5) is 15.0. The number of fused-ring (bicyclic) bond motifs is 1. The Balaban J connectivity index is 1.39. The van der Waals surface area contributed by atoms with E-state index in [1.807, 2.05) is 12.1 Å². The molecule has 9 heteroatoms. The molecule has 0 aromatic heterocycles. The first-order valence-corrected chi connectivity index (χ1v) is 12.8. The van der Waals surface area contributed by atoms with Crippen molar-refractivity contribution in [1.82, 2.24) is 4.90 Å². The SMILES string of the molecule is COC1CC(CN2CCc3cc(-c4cccc(-c5ccc(C(F)(F)F)cc5)c4C(N)=O)ccc3C2)C(OC)O1. The maximum Gasteiger partial charge on any atom is 0.416 e. The number of methoxy groups -OCH3 is 2. The number of primary amides is 1. The Labute approximate surface area is 225 Å². The number of nitrogens with zero attached hydrogens (tertiary/aromatic N) is 1. The minimum atomic E-state index is -4.44. The number of alkyl halides is 3. The van der Waals surface area contributed by atoms with E-state index in [1.54, 1.807) is 26.4 Å². The van der Waals surface area contributed by atoms with Gasteiger partial charge in [0.2, 0.25) is 5.91 Å². The summed E-state index contributed by atoms with van der Waals surface area (Å²) in [5.41, 5.74) is 10.2. The van der Waals surface area contributed by atoms with Crippen LogP contribution in [0.2, 0.25) is 0 Å². The highest BCUT2D eigenvalue weighted by atomic mass is 19.4. The van der Waals surface area contributed by atoms with Crippen molar-refractivity contribution in [2.24, 2.45) is 11.7 Å². The molecule has 3 aromatic rings. The summed E-state index contributed by atoms with van der Waals surface area (Å²) in [6, 6.07) is 16.2. The molecule has 0 spiro atoms. The average Bonchev–Trinajstić information content (AvgIpc) is 3.33. The van der Waals surface area contributed by atoms with Crippen molar-refractivity contribution in [2.75, 3.05) is 27.3 Å². The molecule has 39 heavy (non-hydrogen) atoms. The summed E-state index contributed by atoms with van der Waals surface area (Å²) in [7, 11) is 3.28. The maximum atomic E-state index is 13.0. The molecule has 0 radical (unpaired) electrons. The summed E-state index contributed by atoms with van der Waals surface area (Å²) in [5.74, 6) is -0.419. The molecule has 1 amide bonds. The topological polar surface area (TPSA) is 74.0 Å². The number of carbonyl (C=O) groups is 1. The number of halogens is 3. The molecular weight excluding hydrogens is 509 g/mol. The van der Waals surface area contributed by atoms with E-state index in [-0.39, 0.29) is 24.1 Å². The van der Waals surface area contributed by atoms with E-state index in [9.17, 15) is 18.0 Å². The van der Waals surface area contributed by atoms with Crippen LogP contribution in [0.4, 0.5) is 13.2 Å². The fourth-order valence-corrected chi connectivity index (χ4v) is 5.64. The number of hydrogen-bond donors (Lipinski definition) is 1. The second kappa shape index (κ2) is 11.1. The zero-order chi connectivity index (χ0) is 27.7. The lowest BCUT2D eigenvalue weighted by molar-refractivity contribution is -0.193. The smallest absolute Gasteiger partial charge is 0.366 e. The zero-order valence-corrected chi connectivity index (χ0v) is 21.8. The summed E-state index contributed by atoms with van der Waals surface area (Å²) >= 11 is 0. The van der Waals surface area contributed by atoms with Crippen molar-refractivity contribution in [2.45, 2.75) is 38.1 Å². The molecule has 1 fully saturated rings. The molecule has 0 aliphatic carbocycles. The van der Waals surface area contributed by atoms with E-state index in [0.29, 0.717) is 16.7 Å². The van der Waals surface area contributed by atoms with Crippen LogP contribution in [-0.4, -0.2) is 50.7 Å². The first-order chi connectivity index (χ1) is 18.7. The fourth-order valence-electron chi connectivity index (χ4n) is 5.64. The van der Waals surface area contributed by atoms with E-state index in [1.165, 1.54) is 23.3 Å². The molecule has 3 atom stereocenters. The molecule has 3 unspecified atom stereocenters. The van der Waals surface area contributed by atoms with Crippen LogP contribution in [0, 0.1) is 5.92 Å². The van der Waals surface area contributed by atoms with Crippen LogP contribution in [0.1, 0.15) is 33.5 Å². The van der Waals surface area contributed by atoms with Crippen molar-refractivity contribution in [3.05, 3.63) is 82.9 Å². The minimum Gasteiger partial charge on any atom is -0.366 e. The Hall–Kier alpha value is -3.24. The molecule has 2 aliphatic rings. The molecule has 0 saturated carbocycles. The van der Waals surface area contributed by atoms with E-state index in [4.69, 9.17) is 19.9 Å². The average molecular weight is 541 g/mol. The normalized spacial score (nSPS) is 21.6. The Kier molecular flexibility index (Phi) is 7.77. The number of hydrogen-bond acceptors (Lipinski definition) is 5. The lowest BCUT2D eigenvalue weighted by atomic mass is 9.88. The number of benzene rings is 3. The predicted molar refractivity (Wildman–Crippen MR) is 141 cm³/mol. The van der Waals surface area contributed by atoms with Gasteiger partial charge in [-0.25, -0.2) is 0 Å². The standard InChI is InChI=1S/C30H31F3N2O4/c1-37-26-15-22(29(38-2)39-26)17-35-13-12-19-14-20(6-7-21(19)16-35)25-5-3-4-24(27(25)28(34)36)18-8-10-23(11-9-18)30(31,32)33/h3-11,14,22,26,29H,12-13,15-17H2,1-2H3,(H2,34,36). The largest absolute Gasteiger partial charge is 0.416 e. The van der Waals surface area contributed by atoms with Gasteiger partial charge in [0.05, 0.1) is 11.1 Å². The van der Waals surface area contributed by atoms with Crippen LogP contribution < -0.4 is 5.73 Å². The Morgan fingerprint density at radius 1 is 1.00 bits per heavy atom.